The molecule has 0 aliphatic carbocycles. The van der Waals surface area contributed by atoms with Crippen LogP contribution in [0.2, 0.25) is 0 Å². The number of rotatable bonds is 2. The van der Waals surface area contributed by atoms with Gasteiger partial charge in [-0.3, -0.25) is 0 Å². The smallest absolute Gasteiger partial charge is 0.227 e. The Balaban J connectivity index is 1.92. The van der Waals surface area contributed by atoms with Crippen molar-refractivity contribution in [3.63, 3.8) is 0 Å². The van der Waals surface area contributed by atoms with E-state index in [4.69, 9.17) is 0 Å². The predicted octanol–water partition coefficient (Wildman–Crippen LogP) is -0.365. The number of aromatic nitrogens is 2. The van der Waals surface area contributed by atoms with Crippen LogP contribution >= 0.6 is 0 Å². The molecular formula is C14H20N6OS. The van der Waals surface area contributed by atoms with Crippen molar-refractivity contribution in [1.29, 1.82) is 5.26 Å². The molecule has 1 aromatic rings. The van der Waals surface area contributed by atoms with Crippen LogP contribution in [0.3, 0.4) is 0 Å². The summed E-state index contributed by atoms with van der Waals surface area (Å²) in [4.78, 5) is 13.4. The van der Waals surface area contributed by atoms with Crippen molar-refractivity contribution >= 4 is 22.9 Å². The highest BCUT2D eigenvalue weighted by Gasteiger charge is 2.25. The minimum absolute atomic E-state index is 0.561. The van der Waals surface area contributed by atoms with Crippen molar-refractivity contribution in [3.05, 3.63) is 11.3 Å². The van der Waals surface area contributed by atoms with E-state index in [2.05, 4.69) is 31.2 Å². The monoisotopic (exact) mass is 320 g/mol. The van der Waals surface area contributed by atoms with E-state index in [0.717, 1.165) is 32.0 Å². The predicted molar refractivity (Wildman–Crippen MR) is 86.7 cm³/mol. The summed E-state index contributed by atoms with van der Waals surface area (Å²) in [5, 5.41) is 12.7. The highest BCUT2D eigenvalue weighted by atomic mass is 32.2. The Labute approximate surface area is 133 Å². The molecule has 118 valence electrons. The third kappa shape index (κ3) is 3.11. The van der Waals surface area contributed by atoms with E-state index in [0.29, 0.717) is 41.8 Å². The van der Waals surface area contributed by atoms with Crippen molar-refractivity contribution in [3.8, 4) is 6.07 Å². The molecule has 0 unspecified atom stereocenters. The van der Waals surface area contributed by atoms with Crippen LogP contribution in [0.15, 0.2) is 0 Å². The Bertz CT molecular complexity index is 575. The quantitative estimate of drug-likeness (QED) is 0.744. The normalized spacial score (nSPS) is 20.0. The van der Waals surface area contributed by atoms with Gasteiger partial charge in [-0.2, -0.15) is 10.2 Å². The molecule has 1 N–H and O–H groups in total. The van der Waals surface area contributed by atoms with Gasteiger partial charge in [0.05, 0.1) is 18.8 Å². The molecule has 2 aliphatic rings. The summed E-state index contributed by atoms with van der Waals surface area (Å²) in [5.41, 5.74) is 1.28. The SMILES string of the molecule is Cc1nc(N2CC[S+]([O-])CC2)nc(N2CCNCC2)c1C#N. The molecule has 0 amide bonds. The molecule has 2 fully saturated rings. The molecule has 2 saturated heterocycles. The van der Waals surface area contributed by atoms with E-state index in [1.807, 2.05) is 6.92 Å². The lowest BCUT2D eigenvalue weighted by Gasteiger charge is -2.32. The molecule has 1 aromatic heterocycles. The fourth-order valence-electron chi connectivity index (χ4n) is 2.76. The summed E-state index contributed by atoms with van der Waals surface area (Å²) in [5.74, 6) is 2.71. The van der Waals surface area contributed by atoms with Crippen LogP contribution in [0.5, 0.6) is 0 Å². The van der Waals surface area contributed by atoms with Crippen LogP contribution in [-0.2, 0) is 11.2 Å². The van der Waals surface area contributed by atoms with Gasteiger partial charge < -0.3 is 19.7 Å². The second-order valence-electron chi connectivity index (χ2n) is 5.49. The minimum Gasteiger partial charge on any atom is -0.616 e. The highest BCUT2D eigenvalue weighted by molar-refractivity contribution is 7.91. The van der Waals surface area contributed by atoms with E-state index in [9.17, 15) is 9.81 Å². The zero-order valence-corrected chi connectivity index (χ0v) is 13.5. The average Bonchev–Trinajstić information content (AvgIpc) is 2.55. The Morgan fingerprint density at radius 1 is 1.14 bits per heavy atom. The van der Waals surface area contributed by atoms with E-state index in [-0.39, 0.29) is 0 Å². The van der Waals surface area contributed by atoms with Crippen molar-refractivity contribution in [2.75, 3.05) is 60.6 Å². The lowest BCUT2D eigenvalue weighted by Crippen LogP contribution is -2.45. The molecule has 0 bridgehead atoms. The van der Waals surface area contributed by atoms with E-state index in [1.54, 1.807) is 0 Å². The van der Waals surface area contributed by atoms with Gasteiger partial charge in [0.25, 0.3) is 0 Å². The van der Waals surface area contributed by atoms with E-state index in [1.165, 1.54) is 0 Å². The number of aryl methyl sites for hydroxylation is 1. The fraction of sp³-hybridized carbons (Fsp3) is 0.643. The number of hydrogen-bond donors (Lipinski definition) is 1. The average molecular weight is 320 g/mol. The van der Waals surface area contributed by atoms with Gasteiger partial charge in [-0.15, -0.1) is 0 Å². The standard InChI is InChI=1S/C14H20N6OS/c1-11-12(10-15)13(19-4-2-16-3-5-19)18-14(17-11)20-6-8-22(21)9-7-20/h16H,2-9H2,1H3. The van der Waals surface area contributed by atoms with Crippen LogP contribution in [-0.4, -0.2) is 65.3 Å². The molecule has 0 saturated carbocycles. The van der Waals surface area contributed by atoms with Crippen LogP contribution < -0.4 is 15.1 Å². The fourth-order valence-corrected chi connectivity index (χ4v) is 3.81. The Morgan fingerprint density at radius 2 is 1.82 bits per heavy atom. The van der Waals surface area contributed by atoms with Crippen LogP contribution in [0, 0.1) is 18.3 Å². The van der Waals surface area contributed by atoms with Crippen molar-refractivity contribution < 1.29 is 4.55 Å². The molecule has 8 heteroatoms. The zero-order valence-electron chi connectivity index (χ0n) is 12.7. The maximum Gasteiger partial charge on any atom is 0.227 e. The third-order valence-electron chi connectivity index (χ3n) is 4.05. The molecule has 3 heterocycles. The first kappa shape index (κ1) is 15.3. The topological polar surface area (TPSA) is 91.1 Å². The lowest BCUT2D eigenvalue weighted by molar-refractivity contribution is 0.580. The van der Waals surface area contributed by atoms with Crippen LogP contribution in [0.4, 0.5) is 11.8 Å². The highest BCUT2D eigenvalue weighted by Crippen LogP contribution is 2.24. The van der Waals surface area contributed by atoms with Crippen molar-refractivity contribution in [2.45, 2.75) is 6.92 Å². The Hall–Kier alpha value is -1.56. The number of nitriles is 1. The second-order valence-corrected chi connectivity index (χ2v) is 7.19. The summed E-state index contributed by atoms with van der Waals surface area (Å²) >= 11 is -0.724. The van der Waals surface area contributed by atoms with E-state index < -0.39 is 11.2 Å². The van der Waals surface area contributed by atoms with Gasteiger partial charge in [0.15, 0.2) is 5.82 Å². The van der Waals surface area contributed by atoms with Gasteiger partial charge in [0.2, 0.25) is 5.95 Å². The zero-order chi connectivity index (χ0) is 15.5. The molecular weight excluding hydrogens is 300 g/mol. The number of hydrogen-bond acceptors (Lipinski definition) is 7. The number of piperazine rings is 1. The molecule has 0 spiro atoms. The van der Waals surface area contributed by atoms with Gasteiger partial charge in [0.1, 0.15) is 23.1 Å². The first-order chi connectivity index (χ1) is 10.7. The molecule has 0 aromatic carbocycles. The maximum atomic E-state index is 11.5. The first-order valence-corrected chi connectivity index (χ1v) is 9.02. The lowest BCUT2D eigenvalue weighted by atomic mass is 10.2. The largest absolute Gasteiger partial charge is 0.616 e. The molecule has 0 radical (unpaired) electrons. The van der Waals surface area contributed by atoms with Gasteiger partial charge in [-0.05, 0) is 6.92 Å². The van der Waals surface area contributed by atoms with Crippen molar-refractivity contribution in [2.24, 2.45) is 0 Å². The van der Waals surface area contributed by atoms with Gasteiger partial charge in [-0.25, -0.2) is 4.98 Å². The number of nitrogens with zero attached hydrogens (tertiary/aromatic N) is 5. The molecule has 7 nitrogen and oxygen atoms in total. The second kappa shape index (κ2) is 6.69. The number of nitrogens with one attached hydrogen (secondary N) is 1. The first-order valence-electron chi connectivity index (χ1n) is 7.53. The molecule has 0 atom stereocenters. The van der Waals surface area contributed by atoms with Gasteiger partial charge in [-0.1, -0.05) is 11.2 Å². The summed E-state index contributed by atoms with van der Waals surface area (Å²) < 4.78 is 11.5. The van der Waals surface area contributed by atoms with Crippen LogP contribution in [0.1, 0.15) is 11.3 Å². The number of anilines is 2. The summed E-state index contributed by atoms with van der Waals surface area (Å²) in [6.45, 7) is 6.75. The molecule has 22 heavy (non-hydrogen) atoms. The minimum atomic E-state index is -0.724. The van der Waals surface area contributed by atoms with Crippen LogP contribution in [0.25, 0.3) is 0 Å². The summed E-state index contributed by atoms with van der Waals surface area (Å²) in [7, 11) is 0. The summed E-state index contributed by atoms with van der Waals surface area (Å²) in [6, 6.07) is 2.24. The molecule has 3 rings (SSSR count). The van der Waals surface area contributed by atoms with Crippen molar-refractivity contribution in [1.82, 2.24) is 15.3 Å². The maximum absolute atomic E-state index is 11.5. The van der Waals surface area contributed by atoms with E-state index >= 15 is 0 Å². The van der Waals surface area contributed by atoms with Gasteiger partial charge in [0, 0.05) is 26.2 Å². The summed E-state index contributed by atoms with van der Waals surface area (Å²) in [6.07, 6.45) is 0. The Morgan fingerprint density at radius 3 is 2.45 bits per heavy atom. The Kier molecular flexibility index (Phi) is 4.66. The third-order valence-corrected chi connectivity index (χ3v) is 5.32. The van der Waals surface area contributed by atoms with Gasteiger partial charge >= 0.3 is 0 Å². The molecule has 2 aliphatic heterocycles.